The number of carbonyl (C=O) groups is 1. The molecular formula is C13H14ClNO5S3. The Balaban J connectivity index is 2.15. The first-order valence-corrected chi connectivity index (χ1v) is 9.88. The molecule has 0 bridgehead atoms. The van der Waals surface area contributed by atoms with Crippen LogP contribution in [0, 0.1) is 0 Å². The van der Waals surface area contributed by atoms with E-state index in [1.165, 1.54) is 37.0 Å². The first-order chi connectivity index (χ1) is 10.9. The molecule has 0 radical (unpaired) electrons. The Kier molecular flexibility index (Phi) is 6.18. The van der Waals surface area contributed by atoms with Crippen LogP contribution in [0.2, 0.25) is 4.34 Å². The van der Waals surface area contributed by atoms with E-state index in [2.05, 4.69) is 9.46 Å². The molecule has 2 aromatic rings. The third-order valence-corrected chi connectivity index (χ3v) is 6.76. The minimum Gasteiger partial charge on any atom is -0.465 e. The monoisotopic (exact) mass is 395 g/mol. The number of esters is 1. The highest BCUT2D eigenvalue weighted by molar-refractivity contribution is 7.89. The number of hydrogen-bond donors (Lipinski definition) is 1. The molecule has 2 heterocycles. The molecule has 10 heteroatoms. The van der Waals surface area contributed by atoms with Gasteiger partial charge in [-0.25, -0.2) is 17.9 Å². The Morgan fingerprint density at radius 2 is 2.09 bits per heavy atom. The van der Waals surface area contributed by atoms with E-state index in [9.17, 15) is 13.2 Å². The van der Waals surface area contributed by atoms with Crippen molar-refractivity contribution in [3.63, 3.8) is 0 Å². The highest BCUT2D eigenvalue weighted by atomic mass is 35.5. The van der Waals surface area contributed by atoms with Crippen LogP contribution >= 0.6 is 34.3 Å². The van der Waals surface area contributed by atoms with Crippen LogP contribution in [0.5, 0.6) is 0 Å². The number of sulfonamides is 1. The molecule has 0 aromatic carbocycles. The summed E-state index contributed by atoms with van der Waals surface area (Å²) in [6, 6.07) is 4.86. The number of rotatable bonds is 7. The van der Waals surface area contributed by atoms with Gasteiger partial charge in [0, 0.05) is 18.5 Å². The summed E-state index contributed by atoms with van der Waals surface area (Å²) < 4.78 is 37.7. The SMILES string of the molecule is COC(=O)c1sccc1S(=O)(=O)NC[C@H](OC)c1ccc(Cl)s1. The Morgan fingerprint density at radius 1 is 1.35 bits per heavy atom. The van der Waals surface area contributed by atoms with Gasteiger partial charge in [-0.05, 0) is 23.6 Å². The second-order valence-corrected chi connectivity index (χ2v) is 8.72. The molecular weight excluding hydrogens is 382 g/mol. The molecule has 1 N–H and O–H groups in total. The van der Waals surface area contributed by atoms with Gasteiger partial charge in [-0.2, -0.15) is 0 Å². The van der Waals surface area contributed by atoms with Crippen molar-refractivity contribution in [3.8, 4) is 0 Å². The number of ether oxygens (including phenoxy) is 2. The summed E-state index contributed by atoms with van der Waals surface area (Å²) in [6.07, 6.45) is -0.470. The summed E-state index contributed by atoms with van der Waals surface area (Å²) in [5.74, 6) is -0.686. The van der Waals surface area contributed by atoms with Crippen molar-refractivity contribution in [2.24, 2.45) is 0 Å². The predicted octanol–water partition coefficient (Wildman–Crippen LogP) is 2.92. The van der Waals surface area contributed by atoms with Crippen LogP contribution in [0.1, 0.15) is 20.7 Å². The van der Waals surface area contributed by atoms with Crippen molar-refractivity contribution in [1.82, 2.24) is 4.72 Å². The largest absolute Gasteiger partial charge is 0.465 e. The number of methoxy groups -OCH3 is 2. The van der Waals surface area contributed by atoms with E-state index < -0.39 is 22.1 Å². The number of nitrogens with one attached hydrogen (secondary N) is 1. The zero-order valence-corrected chi connectivity index (χ0v) is 15.4. The Hall–Kier alpha value is -0.970. The lowest BCUT2D eigenvalue weighted by atomic mass is 10.3. The van der Waals surface area contributed by atoms with Crippen LogP contribution in [0.15, 0.2) is 28.5 Å². The topological polar surface area (TPSA) is 81.7 Å². The van der Waals surface area contributed by atoms with Crippen LogP contribution in [0.25, 0.3) is 0 Å². The van der Waals surface area contributed by atoms with E-state index in [1.54, 1.807) is 12.1 Å². The van der Waals surface area contributed by atoms with Crippen molar-refractivity contribution >= 4 is 50.3 Å². The Morgan fingerprint density at radius 3 is 2.65 bits per heavy atom. The molecule has 0 aliphatic heterocycles. The van der Waals surface area contributed by atoms with E-state index in [4.69, 9.17) is 16.3 Å². The minimum absolute atomic E-state index is 0.0200. The lowest BCUT2D eigenvalue weighted by molar-refractivity contribution is 0.0602. The van der Waals surface area contributed by atoms with E-state index >= 15 is 0 Å². The van der Waals surface area contributed by atoms with Gasteiger partial charge in [-0.1, -0.05) is 11.6 Å². The first-order valence-electron chi connectivity index (χ1n) is 6.32. The van der Waals surface area contributed by atoms with Gasteiger partial charge in [0.05, 0.1) is 11.4 Å². The number of carbonyl (C=O) groups excluding carboxylic acids is 1. The number of thiophene rings is 2. The number of hydrogen-bond acceptors (Lipinski definition) is 7. The molecule has 23 heavy (non-hydrogen) atoms. The molecule has 0 saturated carbocycles. The van der Waals surface area contributed by atoms with Gasteiger partial charge in [0.25, 0.3) is 0 Å². The van der Waals surface area contributed by atoms with Crippen molar-refractivity contribution in [3.05, 3.63) is 37.7 Å². The van der Waals surface area contributed by atoms with Crippen LogP contribution in [-0.4, -0.2) is 35.2 Å². The fourth-order valence-electron chi connectivity index (χ4n) is 1.82. The fourth-order valence-corrected chi connectivity index (χ4v) is 5.32. The van der Waals surface area contributed by atoms with Gasteiger partial charge in [-0.3, -0.25) is 0 Å². The highest BCUT2D eigenvalue weighted by Gasteiger charge is 2.26. The molecule has 0 saturated heterocycles. The quantitative estimate of drug-likeness (QED) is 0.729. The molecule has 0 amide bonds. The molecule has 0 unspecified atom stereocenters. The summed E-state index contributed by atoms with van der Waals surface area (Å²) in [5.41, 5.74) is 0. The third-order valence-electron chi connectivity index (χ3n) is 2.94. The molecule has 2 rings (SSSR count). The zero-order valence-electron chi connectivity index (χ0n) is 12.2. The van der Waals surface area contributed by atoms with Gasteiger partial charge in [0.2, 0.25) is 10.0 Å². The average Bonchev–Trinajstić information content (AvgIpc) is 3.16. The van der Waals surface area contributed by atoms with Gasteiger partial charge >= 0.3 is 5.97 Å². The Bertz CT molecular complexity index is 783. The maximum Gasteiger partial charge on any atom is 0.349 e. The van der Waals surface area contributed by atoms with Crippen molar-refractivity contribution < 1.29 is 22.7 Å². The molecule has 6 nitrogen and oxygen atoms in total. The molecule has 0 fully saturated rings. The lowest BCUT2D eigenvalue weighted by Crippen LogP contribution is -2.29. The summed E-state index contributed by atoms with van der Waals surface area (Å²) in [7, 11) is -1.17. The van der Waals surface area contributed by atoms with E-state index in [1.807, 2.05) is 0 Å². The van der Waals surface area contributed by atoms with Crippen molar-refractivity contribution in [2.75, 3.05) is 20.8 Å². The third kappa shape index (κ3) is 4.31. The molecule has 0 aliphatic rings. The maximum atomic E-state index is 12.4. The molecule has 0 aliphatic carbocycles. The first kappa shape index (κ1) is 18.4. The standard InChI is InChI=1S/C13H14ClNO5S3/c1-19-8(9-3-4-11(14)22-9)7-15-23(17,18)10-5-6-21-12(10)13(16)20-2/h3-6,8,15H,7H2,1-2H3/t8-/m0/s1. The smallest absolute Gasteiger partial charge is 0.349 e. The predicted molar refractivity (Wildman–Crippen MR) is 89.9 cm³/mol. The second kappa shape index (κ2) is 7.73. The molecule has 0 spiro atoms. The van der Waals surface area contributed by atoms with Crippen LogP contribution in [0.4, 0.5) is 0 Å². The zero-order chi connectivity index (χ0) is 17.0. The van der Waals surface area contributed by atoms with Gasteiger partial charge in [0.1, 0.15) is 15.9 Å². The van der Waals surface area contributed by atoms with Gasteiger partial charge < -0.3 is 9.47 Å². The summed E-state index contributed by atoms with van der Waals surface area (Å²) in [6.45, 7) is 0.0200. The van der Waals surface area contributed by atoms with Gasteiger partial charge in [-0.15, -0.1) is 22.7 Å². The lowest BCUT2D eigenvalue weighted by Gasteiger charge is -2.14. The minimum atomic E-state index is -3.86. The Labute approximate surface area is 147 Å². The summed E-state index contributed by atoms with van der Waals surface area (Å²) in [5, 5.41) is 1.52. The van der Waals surface area contributed by atoms with Crippen molar-refractivity contribution in [2.45, 2.75) is 11.0 Å². The highest BCUT2D eigenvalue weighted by Crippen LogP contribution is 2.29. The fraction of sp³-hybridized carbons (Fsp3) is 0.308. The van der Waals surface area contributed by atoms with Crippen LogP contribution in [-0.2, 0) is 19.5 Å². The molecule has 2 aromatic heterocycles. The van der Waals surface area contributed by atoms with Gasteiger partial charge in [0.15, 0.2) is 0 Å². The molecule has 126 valence electrons. The van der Waals surface area contributed by atoms with E-state index in [0.29, 0.717) is 4.34 Å². The normalized spacial score (nSPS) is 13.0. The summed E-state index contributed by atoms with van der Waals surface area (Å²) in [4.78, 5) is 12.4. The van der Waals surface area contributed by atoms with Crippen molar-refractivity contribution in [1.29, 1.82) is 0 Å². The maximum absolute atomic E-state index is 12.4. The summed E-state index contributed by atoms with van der Waals surface area (Å²) >= 11 is 8.20. The van der Waals surface area contributed by atoms with Crippen LogP contribution < -0.4 is 4.72 Å². The average molecular weight is 396 g/mol. The van der Waals surface area contributed by atoms with Crippen LogP contribution in [0.3, 0.4) is 0 Å². The van der Waals surface area contributed by atoms with E-state index in [-0.39, 0.29) is 16.3 Å². The second-order valence-electron chi connectivity index (χ2n) is 4.32. The van der Waals surface area contributed by atoms with E-state index in [0.717, 1.165) is 16.2 Å². The number of halogens is 1. The molecule has 1 atom stereocenters.